The van der Waals surface area contributed by atoms with E-state index in [0.717, 1.165) is 0 Å². The van der Waals surface area contributed by atoms with Crippen molar-refractivity contribution in [2.24, 2.45) is 0 Å². The summed E-state index contributed by atoms with van der Waals surface area (Å²) < 4.78 is 6.33. The fraction of sp³-hybridized carbons (Fsp3) is 0.680. The molecule has 0 aliphatic carbocycles. The molecule has 1 rings (SSSR count). The van der Waals surface area contributed by atoms with Crippen LogP contribution in [0, 0.1) is 0 Å². The molecule has 0 fully saturated rings. The summed E-state index contributed by atoms with van der Waals surface area (Å²) in [6, 6.07) is 12.7. The summed E-state index contributed by atoms with van der Waals surface area (Å²) in [7, 11) is -1.06. The molecule has 27 heavy (non-hydrogen) atoms. The molecule has 0 heterocycles. The second kappa shape index (κ2) is 13.2. The first kappa shape index (κ1) is 25.0. The summed E-state index contributed by atoms with van der Waals surface area (Å²) in [6.45, 7) is 14.7. The van der Waals surface area contributed by atoms with E-state index >= 15 is 0 Å². The first-order valence-corrected chi connectivity index (χ1v) is 23.4. The molecule has 0 nitrogen and oxygen atoms in total. The maximum atomic E-state index is 2.68. The van der Waals surface area contributed by atoms with Crippen molar-refractivity contribution in [3.63, 3.8) is 0 Å². The maximum absolute atomic E-state index is 2.68. The van der Waals surface area contributed by atoms with Crippen LogP contribution in [-0.4, -0.2) is 26.5 Å². The van der Waals surface area contributed by atoms with Crippen LogP contribution in [0.4, 0.5) is 0 Å². The van der Waals surface area contributed by atoms with E-state index in [0.29, 0.717) is 0 Å². The molecule has 0 aliphatic rings. The Bertz CT molecular complexity index is 505. The van der Waals surface area contributed by atoms with Crippen LogP contribution in [-0.2, 0) is 0 Å². The van der Waals surface area contributed by atoms with E-state index in [1.807, 2.05) is 0 Å². The molecule has 0 saturated carbocycles. The predicted octanol–water partition coefficient (Wildman–Crippen LogP) is 9.26. The zero-order valence-corrected chi connectivity index (χ0v) is 23.1. The number of hydrogen-bond donors (Lipinski definition) is 0. The molecule has 0 N–H and O–H groups in total. The molecule has 0 aromatic heterocycles. The second-order valence-electron chi connectivity index (χ2n) is 9.85. The van der Waals surface area contributed by atoms with Crippen LogP contribution in [0.5, 0.6) is 0 Å². The van der Waals surface area contributed by atoms with Gasteiger partial charge in [0.15, 0.2) is 0 Å². The SMILES string of the molecule is CCC[CH2][Sn]([CH2]CCC)([CH2]CCC)[CH2]/C(=C/C[Si](C)(C)C)c1ccccc1. The minimum atomic E-state index is -2.15. The molecule has 0 radical (unpaired) electrons. The number of benzene rings is 1. The van der Waals surface area contributed by atoms with Gasteiger partial charge in [0.25, 0.3) is 0 Å². The van der Waals surface area contributed by atoms with E-state index in [9.17, 15) is 0 Å². The molecule has 0 atom stereocenters. The molecule has 154 valence electrons. The van der Waals surface area contributed by atoms with Crippen molar-refractivity contribution in [2.75, 3.05) is 0 Å². The fourth-order valence-corrected chi connectivity index (χ4v) is 21.3. The topological polar surface area (TPSA) is 0 Å². The van der Waals surface area contributed by atoms with Crippen molar-refractivity contribution < 1.29 is 0 Å². The van der Waals surface area contributed by atoms with E-state index in [1.54, 1.807) is 18.9 Å². The normalized spacial score (nSPS) is 13.2. The molecule has 0 spiro atoms. The Morgan fingerprint density at radius 3 is 1.70 bits per heavy atom. The molecule has 1 aromatic rings. The zero-order chi connectivity index (χ0) is 20.2. The number of allylic oxidation sites excluding steroid dienone is 2. The van der Waals surface area contributed by atoms with Crippen molar-refractivity contribution in [1.29, 1.82) is 0 Å². The van der Waals surface area contributed by atoms with Gasteiger partial charge >= 0.3 is 177 Å². The van der Waals surface area contributed by atoms with Gasteiger partial charge in [-0.05, 0) is 0 Å². The number of unbranched alkanes of at least 4 members (excludes halogenated alkanes) is 3. The standard InChI is InChI=1S/C13H19Si.3C4H9.Sn/c1-12(10-11-14(2,3)4)13-8-6-5-7-9-13;3*1-3-4-2;/h5-10H,1,11H2,2-4H3;3*1,3-4H2,2H3;/b12-10-;;;;. The Hall–Kier alpha value is -0.0244. The Morgan fingerprint density at radius 1 is 0.815 bits per heavy atom. The third-order valence-electron chi connectivity index (χ3n) is 5.85. The van der Waals surface area contributed by atoms with Crippen LogP contribution in [0.15, 0.2) is 36.4 Å². The Balaban J connectivity index is 3.20. The van der Waals surface area contributed by atoms with Crippen molar-refractivity contribution >= 4 is 32.0 Å². The molecule has 2 heteroatoms. The van der Waals surface area contributed by atoms with Crippen molar-refractivity contribution in [3.05, 3.63) is 42.0 Å². The van der Waals surface area contributed by atoms with Gasteiger partial charge in [0.05, 0.1) is 0 Å². The Morgan fingerprint density at radius 2 is 1.30 bits per heavy atom. The van der Waals surface area contributed by atoms with Crippen LogP contribution in [0.25, 0.3) is 5.57 Å². The quantitative estimate of drug-likeness (QED) is 0.227. The van der Waals surface area contributed by atoms with Crippen molar-refractivity contribution in [3.8, 4) is 0 Å². The summed E-state index contributed by atoms with van der Waals surface area (Å²) in [6.07, 6.45) is 11.2. The van der Waals surface area contributed by atoms with Crippen molar-refractivity contribution in [2.45, 2.75) is 103 Å². The first-order valence-electron chi connectivity index (χ1n) is 11.6. The molecule has 0 saturated heterocycles. The molecule has 0 bridgehead atoms. The van der Waals surface area contributed by atoms with Crippen LogP contribution in [0.2, 0.25) is 43.4 Å². The fourth-order valence-electron chi connectivity index (χ4n) is 4.07. The summed E-state index contributed by atoms with van der Waals surface area (Å²) in [5.74, 6) is 0. The first-order chi connectivity index (χ1) is 12.9. The average Bonchev–Trinajstić information content (AvgIpc) is 2.66. The molecule has 0 unspecified atom stereocenters. The Kier molecular flexibility index (Phi) is 12.3. The van der Waals surface area contributed by atoms with Crippen LogP contribution in [0.1, 0.15) is 64.9 Å². The zero-order valence-electron chi connectivity index (χ0n) is 19.2. The van der Waals surface area contributed by atoms with E-state index in [1.165, 1.54) is 54.6 Å². The molecule has 1 aromatic carbocycles. The van der Waals surface area contributed by atoms with E-state index in [2.05, 4.69) is 76.8 Å². The summed E-state index contributed by atoms with van der Waals surface area (Å²) in [4.78, 5) is 0. The predicted molar refractivity (Wildman–Crippen MR) is 132 cm³/mol. The third kappa shape index (κ3) is 10.4. The van der Waals surface area contributed by atoms with E-state index in [4.69, 9.17) is 0 Å². The van der Waals surface area contributed by atoms with Gasteiger partial charge in [0, 0.05) is 0 Å². The van der Waals surface area contributed by atoms with Gasteiger partial charge in [-0.3, -0.25) is 0 Å². The number of hydrogen-bond acceptors (Lipinski definition) is 0. The molecule has 0 amide bonds. The summed E-state index contributed by atoms with van der Waals surface area (Å²) >= 11 is -2.15. The average molecular weight is 493 g/mol. The van der Waals surface area contributed by atoms with Gasteiger partial charge in [-0.15, -0.1) is 0 Å². The monoisotopic (exact) mass is 494 g/mol. The van der Waals surface area contributed by atoms with Gasteiger partial charge in [-0.2, -0.15) is 0 Å². The van der Waals surface area contributed by atoms with Crippen LogP contribution < -0.4 is 0 Å². The molecule has 0 aliphatic heterocycles. The molecular formula is C25H46SiSn. The van der Waals surface area contributed by atoms with Gasteiger partial charge in [-0.25, -0.2) is 0 Å². The third-order valence-corrected chi connectivity index (χ3v) is 22.6. The summed E-state index contributed by atoms with van der Waals surface area (Å²) in [5.41, 5.74) is 3.23. The second-order valence-corrected chi connectivity index (χ2v) is 29.2. The van der Waals surface area contributed by atoms with E-state index in [-0.39, 0.29) is 0 Å². The van der Waals surface area contributed by atoms with Crippen LogP contribution >= 0.6 is 0 Å². The van der Waals surface area contributed by atoms with Gasteiger partial charge in [0.2, 0.25) is 0 Å². The van der Waals surface area contributed by atoms with Crippen molar-refractivity contribution in [1.82, 2.24) is 0 Å². The van der Waals surface area contributed by atoms with Crippen LogP contribution in [0.3, 0.4) is 0 Å². The molecular weight excluding hydrogens is 447 g/mol. The van der Waals surface area contributed by atoms with Gasteiger partial charge in [-0.1, -0.05) is 0 Å². The minimum absolute atomic E-state index is 1.06. The summed E-state index contributed by atoms with van der Waals surface area (Å²) in [5, 5.41) is 0. The number of rotatable bonds is 14. The van der Waals surface area contributed by atoms with Gasteiger partial charge in [0.1, 0.15) is 0 Å². The van der Waals surface area contributed by atoms with E-state index < -0.39 is 26.5 Å². The van der Waals surface area contributed by atoms with Gasteiger partial charge < -0.3 is 0 Å². The Labute approximate surface area is 176 Å².